The molecule has 1 unspecified atom stereocenters. The Hall–Kier alpha value is -3.35. The first-order valence-electron chi connectivity index (χ1n) is 13.1. The number of aromatic hydroxyl groups is 1. The molecule has 1 aliphatic carbocycles. The standard InChI is InChI=1S/C31H31ClFNO4/c32-23-8-12-27(29(35)18-23)28-4-1-3-21-17-22(31(36)37)7-11-26(21)30(28)20-5-9-24(10-6-20)38-25-13-16-34(19-25)15-2-14-33/h5-12,17-18,25,35H,1-4,13-16,19H2,(H,36,37). The number of likely N-dealkylation sites (tertiary alicyclic amines) is 1. The van der Waals surface area contributed by atoms with Gasteiger partial charge in [-0.1, -0.05) is 29.8 Å². The number of nitrogens with zero attached hydrogens (tertiary/aromatic N) is 1. The SMILES string of the molecule is O=C(O)c1ccc2c(c1)CCCC(c1ccc(Cl)cc1O)=C2c1ccc(OC2CCN(CCCF)C2)cc1. The first kappa shape index (κ1) is 26.3. The molecule has 1 fully saturated rings. The average molecular weight is 536 g/mol. The Morgan fingerprint density at radius 2 is 1.84 bits per heavy atom. The summed E-state index contributed by atoms with van der Waals surface area (Å²) in [5, 5.41) is 20.8. The number of aryl methyl sites for hydroxylation is 1. The van der Waals surface area contributed by atoms with Gasteiger partial charge < -0.3 is 14.9 Å². The van der Waals surface area contributed by atoms with E-state index in [-0.39, 0.29) is 24.1 Å². The number of ether oxygens (including phenoxy) is 1. The fourth-order valence-electron chi connectivity index (χ4n) is 5.55. The lowest BCUT2D eigenvalue weighted by Gasteiger charge is -2.19. The number of hydrogen-bond acceptors (Lipinski definition) is 4. The quantitative estimate of drug-likeness (QED) is 0.330. The molecule has 38 heavy (non-hydrogen) atoms. The minimum atomic E-state index is -0.949. The number of hydrogen-bond donors (Lipinski definition) is 2. The second-order valence-corrected chi connectivity index (χ2v) is 10.4. The molecule has 5 rings (SSSR count). The molecule has 0 bridgehead atoms. The topological polar surface area (TPSA) is 70.0 Å². The van der Waals surface area contributed by atoms with E-state index in [1.807, 2.05) is 36.4 Å². The monoisotopic (exact) mass is 535 g/mol. The highest BCUT2D eigenvalue weighted by atomic mass is 35.5. The molecular formula is C31H31ClFNO4. The van der Waals surface area contributed by atoms with E-state index in [9.17, 15) is 19.4 Å². The van der Waals surface area contributed by atoms with E-state index in [0.717, 1.165) is 84.5 Å². The highest BCUT2D eigenvalue weighted by Gasteiger charge is 2.25. The highest BCUT2D eigenvalue weighted by molar-refractivity contribution is 6.30. The van der Waals surface area contributed by atoms with E-state index in [1.165, 1.54) is 0 Å². The van der Waals surface area contributed by atoms with E-state index in [0.29, 0.717) is 11.4 Å². The van der Waals surface area contributed by atoms with E-state index < -0.39 is 5.97 Å². The molecule has 1 aliphatic heterocycles. The van der Waals surface area contributed by atoms with Crippen molar-refractivity contribution in [1.82, 2.24) is 4.90 Å². The minimum Gasteiger partial charge on any atom is -0.507 e. The lowest BCUT2D eigenvalue weighted by molar-refractivity contribution is 0.0696. The maximum atomic E-state index is 12.5. The first-order valence-corrected chi connectivity index (χ1v) is 13.4. The maximum Gasteiger partial charge on any atom is 0.335 e. The van der Waals surface area contributed by atoms with Crippen LogP contribution in [0, 0.1) is 0 Å². The number of phenols is 1. The van der Waals surface area contributed by atoms with Crippen LogP contribution in [-0.4, -0.2) is 53.5 Å². The van der Waals surface area contributed by atoms with Gasteiger partial charge in [0.1, 0.15) is 17.6 Å². The summed E-state index contributed by atoms with van der Waals surface area (Å²) in [7, 11) is 0. The van der Waals surface area contributed by atoms with Gasteiger partial charge >= 0.3 is 5.97 Å². The Labute approximate surface area is 227 Å². The zero-order valence-corrected chi connectivity index (χ0v) is 21.9. The van der Waals surface area contributed by atoms with Crippen LogP contribution >= 0.6 is 11.6 Å². The van der Waals surface area contributed by atoms with Crippen molar-refractivity contribution in [3.8, 4) is 11.5 Å². The number of alkyl halides is 1. The van der Waals surface area contributed by atoms with Gasteiger partial charge in [0.2, 0.25) is 0 Å². The predicted molar refractivity (Wildman–Crippen MR) is 148 cm³/mol. The second kappa shape index (κ2) is 11.6. The molecule has 3 aromatic rings. The largest absolute Gasteiger partial charge is 0.507 e. The molecule has 1 saturated heterocycles. The summed E-state index contributed by atoms with van der Waals surface area (Å²) in [4.78, 5) is 13.9. The zero-order chi connectivity index (χ0) is 26.6. The van der Waals surface area contributed by atoms with Gasteiger partial charge in [-0.2, -0.15) is 0 Å². The molecule has 2 aliphatic rings. The van der Waals surface area contributed by atoms with E-state index in [2.05, 4.69) is 4.90 Å². The van der Waals surface area contributed by atoms with Crippen LogP contribution in [0.15, 0.2) is 60.7 Å². The summed E-state index contributed by atoms with van der Waals surface area (Å²) in [5.41, 5.74) is 5.85. The van der Waals surface area contributed by atoms with Gasteiger partial charge in [-0.05, 0) is 102 Å². The molecule has 5 nitrogen and oxygen atoms in total. The van der Waals surface area contributed by atoms with Gasteiger partial charge in [0.05, 0.1) is 12.2 Å². The van der Waals surface area contributed by atoms with Crippen molar-refractivity contribution < 1.29 is 24.1 Å². The van der Waals surface area contributed by atoms with Crippen LogP contribution in [0.2, 0.25) is 5.02 Å². The smallest absolute Gasteiger partial charge is 0.335 e. The lowest BCUT2D eigenvalue weighted by atomic mass is 9.87. The summed E-state index contributed by atoms with van der Waals surface area (Å²) in [6.45, 7) is 2.17. The van der Waals surface area contributed by atoms with Crippen molar-refractivity contribution >= 4 is 28.7 Å². The van der Waals surface area contributed by atoms with E-state index >= 15 is 0 Å². The molecule has 0 spiro atoms. The van der Waals surface area contributed by atoms with Crippen molar-refractivity contribution in [3.05, 3.63) is 93.5 Å². The van der Waals surface area contributed by atoms with Gasteiger partial charge in [-0.15, -0.1) is 0 Å². The van der Waals surface area contributed by atoms with Gasteiger partial charge in [0.25, 0.3) is 0 Å². The molecule has 1 atom stereocenters. The third-order valence-electron chi connectivity index (χ3n) is 7.36. The fourth-order valence-corrected chi connectivity index (χ4v) is 5.72. The Balaban J connectivity index is 1.51. The number of allylic oxidation sites excluding steroid dienone is 1. The molecule has 0 saturated carbocycles. The molecule has 0 radical (unpaired) electrons. The Morgan fingerprint density at radius 1 is 1.05 bits per heavy atom. The third kappa shape index (κ3) is 5.71. The maximum absolute atomic E-state index is 12.5. The van der Waals surface area contributed by atoms with E-state index in [4.69, 9.17) is 16.3 Å². The zero-order valence-electron chi connectivity index (χ0n) is 21.1. The summed E-state index contributed by atoms with van der Waals surface area (Å²) in [6.07, 6.45) is 3.82. The molecule has 0 amide bonds. The van der Waals surface area contributed by atoms with Gasteiger partial charge in [-0.3, -0.25) is 9.29 Å². The minimum absolute atomic E-state index is 0.0781. The van der Waals surface area contributed by atoms with Crippen LogP contribution in [-0.2, 0) is 6.42 Å². The molecule has 2 N–H and O–H groups in total. The second-order valence-electron chi connectivity index (χ2n) is 9.94. The number of aromatic carboxylic acids is 1. The number of halogens is 2. The van der Waals surface area contributed by atoms with Gasteiger partial charge in [0, 0.05) is 30.2 Å². The van der Waals surface area contributed by atoms with Crippen molar-refractivity contribution in [2.75, 3.05) is 26.3 Å². The lowest BCUT2D eigenvalue weighted by Crippen LogP contribution is -2.26. The number of benzene rings is 3. The summed E-state index contributed by atoms with van der Waals surface area (Å²) in [5.74, 6) is -0.0541. The number of phenolic OH excluding ortho intramolecular Hbond substituents is 1. The first-order chi connectivity index (χ1) is 18.4. The van der Waals surface area contributed by atoms with Crippen LogP contribution < -0.4 is 4.74 Å². The normalized spacial score (nSPS) is 17.8. The van der Waals surface area contributed by atoms with Crippen molar-refractivity contribution in [2.24, 2.45) is 0 Å². The summed E-state index contributed by atoms with van der Waals surface area (Å²) in [6, 6.07) is 18.4. The molecule has 3 aromatic carbocycles. The fraction of sp³-hybridized carbons (Fsp3) is 0.323. The number of carboxylic acid groups (broad SMARTS) is 1. The average Bonchev–Trinajstić information content (AvgIpc) is 3.26. The van der Waals surface area contributed by atoms with Crippen LogP contribution in [0.5, 0.6) is 11.5 Å². The van der Waals surface area contributed by atoms with Crippen LogP contribution in [0.4, 0.5) is 4.39 Å². The van der Waals surface area contributed by atoms with E-state index in [1.54, 1.807) is 24.3 Å². The highest BCUT2D eigenvalue weighted by Crippen LogP contribution is 2.43. The number of fused-ring (bicyclic) bond motifs is 1. The van der Waals surface area contributed by atoms with Crippen molar-refractivity contribution in [3.63, 3.8) is 0 Å². The molecule has 7 heteroatoms. The molecule has 1 heterocycles. The number of carboxylic acids is 1. The Kier molecular flexibility index (Phi) is 8.01. The van der Waals surface area contributed by atoms with Crippen molar-refractivity contribution in [2.45, 2.75) is 38.2 Å². The third-order valence-corrected chi connectivity index (χ3v) is 7.60. The number of carbonyl (C=O) groups is 1. The van der Waals surface area contributed by atoms with Crippen LogP contribution in [0.25, 0.3) is 11.1 Å². The predicted octanol–water partition coefficient (Wildman–Crippen LogP) is 6.85. The number of rotatable bonds is 8. The molecule has 0 aromatic heterocycles. The van der Waals surface area contributed by atoms with Gasteiger partial charge in [-0.25, -0.2) is 4.79 Å². The summed E-state index contributed by atoms with van der Waals surface area (Å²) >= 11 is 6.13. The Bertz CT molecular complexity index is 1350. The van der Waals surface area contributed by atoms with Crippen LogP contribution in [0.3, 0.4) is 0 Å². The Morgan fingerprint density at radius 3 is 2.58 bits per heavy atom. The van der Waals surface area contributed by atoms with Crippen LogP contribution in [0.1, 0.15) is 58.3 Å². The molecule has 198 valence electrons. The van der Waals surface area contributed by atoms with Gasteiger partial charge in [0.15, 0.2) is 0 Å². The summed E-state index contributed by atoms with van der Waals surface area (Å²) < 4.78 is 18.8. The molecular weight excluding hydrogens is 505 g/mol. The van der Waals surface area contributed by atoms with Crippen molar-refractivity contribution in [1.29, 1.82) is 0 Å².